The topological polar surface area (TPSA) is 110 Å². The maximum atomic E-state index is 14.9. The molecule has 5 rings (SSSR count). The van der Waals surface area contributed by atoms with Crippen molar-refractivity contribution in [2.24, 2.45) is 0 Å². The molecular formula is C27H23F3N6O2S2. The molecule has 0 saturated heterocycles. The van der Waals surface area contributed by atoms with Crippen LogP contribution in [0.5, 0.6) is 0 Å². The third-order valence-electron chi connectivity index (χ3n) is 5.88. The maximum Gasteiger partial charge on any atom is 0.247 e. The Labute approximate surface area is 232 Å². The molecule has 2 N–H and O–H groups in total. The molecule has 2 unspecified atom stereocenters. The average Bonchev–Trinajstić information content (AvgIpc) is 3.36. The van der Waals surface area contributed by atoms with Gasteiger partial charge < -0.3 is 5.32 Å². The summed E-state index contributed by atoms with van der Waals surface area (Å²) >= 11 is 1.40. The van der Waals surface area contributed by atoms with Crippen LogP contribution >= 0.6 is 11.3 Å². The molecule has 0 radical (unpaired) electrons. The van der Waals surface area contributed by atoms with Gasteiger partial charge in [0.25, 0.3) is 0 Å². The summed E-state index contributed by atoms with van der Waals surface area (Å²) in [7, 11) is -4.74. The van der Waals surface area contributed by atoms with Crippen LogP contribution in [0.2, 0.25) is 0 Å². The molecule has 2 atom stereocenters. The van der Waals surface area contributed by atoms with Crippen LogP contribution in [0.15, 0.2) is 78.1 Å². The van der Waals surface area contributed by atoms with Gasteiger partial charge in [-0.15, -0.1) is 11.3 Å². The molecule has 3 heterocycles. The minimum atomic E-state index is -4.74. The second-order valence-electron chi connectivity index (χ2n) is 9.13. The van der Waals surface area contributed by atoms with E-state index in [-0.39, 0.29) is 5.92 Å². The van der Waals surface area contributed by atoms with Crippen molar-refractivity contribution < 1.29 is 21.6 Å². The van der Waals surface area contributed by atoms with E-state index in [4.69, 9.17) is 4.98 Å². The van der Waals surface area contributed by atoms with Crippen molar-refractivity contribution >= 4 is 38.6 Å². The number of nitrogens with one attached hydrogen (secondary N) is 2. The molecule has 13 heteroatoms. The number of alkyl halides is 1. The predicted molar refractivity (Wildman–Crippen MR) is 147 cm³/mol. The number of benzene rings is 1. The second kappa shape index (κ2) is 11.3. The number of thiazole rings is 1. The summed E-state index contributed by atoms with van der Waals surface area (Å²) in [5.41, 5.74) is 2.18. The van der Waals surface area contributed by atoms with Crippen molar-refractivity contribution in [1.29, 1.82) is 0 Å². The first kappa shape index (κ1) is 27.6. The number of sulfonamides is 1. The standard InChI is InChI=1S/C27H23F3N6O2S2/c1-15(2)26-35-23(24(39-26)21-10-13-32-27(34-21)33-17-8-11-31-12-9-17)16-6-7-18(28)22(14-16)36-40(37,38)25-19(29)4-3-5-20(25)30/h3-15,18,22,36H,1-2H3,(H,31,32,33,34). The maximum absolute atomic E-state index is 14.9. The largest absolute Gasteiger partial charge is 0.324 e. The Morgan fingerprint density at radius 3 is 2.42 bits per heavy atom. The first-order valence-electron chi connectivity index (χ1n) is 12.1. The van der Waals surface area contributed by atoms with Crippen LogP contribution in [0.4, 0.5) is 24.8 Å². The summed E-state index contributed by atoms with van der Waals surface area (Å²) in [6.07, 6.45) is 7.10. The Hall–Kier alpha value is -3.94. The van der Waals surface area contributed by atoms with Gasteiger partial charge in [-0.1, -0.05) is 32.1 Å². The van der Waals surface area contributed by atoms with Gasteiger partial charge in [0.15, 0.2) is 4.90 Å². The Morgan fingerprint density at radius 2 is 1.73 bits per heavy atom. The van der Waals surface area contributed by atoms with Crippen molar-refractivity contribution in [2.45, 2.75) is 36.9 Å². The number of pyridine rings is 1. The van der Waals surface area contributed by atoms with Crippen molar-refractivity contribution in [2.75, 3.05) is 5.32 Å². The minimum absolute atomic E-state index is 0.0641. The molecule has 206 valence electrons. The fourth-order valence-electron chi connectivity index (χ4n) is 3.95. The molecule has 1 aliphatic carbocycles. The summed E-state index contributed by atoms with van der Waals surface area (Å²) in [6, 6.07) is 6.50. The van der Waals surface area contributed by atoms with E-state index in [2.05, 4.69) is 25.0 Å². The van der Waals surface area contributed by atoms with E-state index in [1.165, 1.54) is 29.6 Å². The van der Waals surface area contributed by atoms with Crippen LogP contribution in [0.1, 0.15) is 30.5 Å². The zero-order valence-corrected chi connectivity index (χ0v) is 22.8. The van der Waals surface area contributed by atoms with Crippen LogP contribution in [0.3, 0.4) is 0 Å². The molecule has 0 spiro atoms. The van der Waals surface area contributed by atoms with Crippen molar-refractivity contribution in [3.8, 4) is 10.6 Å². The molecular weight excluding hydrogens is 561 g/mol. The predicted octanol–water partition coefficient (Wildman–Crippen LogP) is 5.78. The molecule has 0 amide bonds. The summed E-state index contributed by atoms with van der Waals surface area (Å²) in [5, 5.41) is 3.90. The summed E-state index contributed by atoms with van der Waals surface area (Å²) in [5.74, 6) is -2.15. The molecule has 0 saturated carbocycles. The van der Waals surface area contributed by atoms with Gasteiger partial charge in [0.2, 0.25) is 16.0 Å². The molecule has 4 aromatic rings. The quantitative estimate of drug-likeness (QED) is 0.270. The molecule has 1 aromatic carbocycles. The van der Waals surface area contributed by atoms with Crippen LogP contribution in [-0.2, 0) is 10.0 Å². The normalized spacial score (nSPS) is 17.2. The number of hydrogen-bond acceptors (Lipinski definition) is 8. The molecule has 0 bridgehead atoms. The van der Waals surface area contributed by atoms with E-state index in [1.807, 2.05) is 13.8 Å². The number of hydrogen-bond donors (Lipinski definition) is 2. The number of aromatic nitrogens is 4. The fourth-order valence-corrected chi connectivity index (χ4v) is 6.34. The van der Waals surface area contributed by atoms with Gasteiger partial charge in [-0.2, -0.15) is 0 Å². The number of allylic oxidation sites excluding steroid dienone is 2. The molecule has 0 fully saturated rings. The summed E-state index contributed by atoms with van der Waals surface area (Å²) in [6.45, 7) is 3.96. The lowest BCUT2D eigenvalue weighted by atomic mass is 9.98. The Balaban J connectivity index is 1.51. The van der Waals surface area contributed by atoms with Crippen molar-refractivity contribution in [3.63, 3.8) is 0 Å². The SMILES string of the molecule is CC(C)c1nc(C2=CC(NS(=O)(=O)c3c(F)cccc3F)C(F)C=C2)c(-c2ccnc(Nc3ccncc3)n2)s1. The van der Waals surface area contributed by atoms with E-state index < -0.39 is 38.8 Å². The number of halogens is 3. The first-order chi connectivity index (χ1) is 19.1. The van der Waals surface area contributed by atoms with Gasteiger partial charge in [-0.25, -0.2) is 41.3 Å². The number of nitrogens with zero attached hydrogens (tertiary/aromatic N) is 4. The molecule has 40 heavy (non-hydrogen) atoms. The van der Waals surface area contributed by atoms with Gasteiger partial charge in [0, 0.05) is 30.2 Å². The van der Waals surface area contributed by atoms with Gasteiger partial charge in [-0.05, 0) is 42.0 Å². The van der Waals surface area contributed by atoms with Crippen LogP contribution in [-0.4, -0.2) is 40.6 Å². The zero-order valence-electron chi connectivity index (χ0n) is 21.2. The third kappa shape index (κ3) is 5.81. The average molecular weight is 585 g/mol. The lowest BCUT2D eigenvalue weighted by Crippen LogP contribution is -2.41. The highest BCUT2D eigenvalue weighted by Crippen LogP contribution is 2.38. The van der Waals surface area contributed by atoms with Crippen LogP contribution < -0.4 is 10.0 Å². The van der Waals surface area contributed by atoms with Gasteiger partial charge >= 0.3 is 0 Å². The third-order valence-corrected chi connectivity index (χ3v) is 8.76. The Morgan fingerprint density at radius 1 is 1.00 bits per heavy atom. The second-order valence-corrected chi connectivity index (χ2v) is 11.8. The highest BCUT2D eigenvalue weighted by Gasteiger charge is 2.31. The lowest BCUT2D eigenvalue weighted by molar-refractivity contribution is 0.353. The van der Waals surface area contributed by atoms with E-state index >= 15 is 0 Å². The van der Waals surface area contributed by atoms with E-state index in [9.17, 15) is 21.6 Å². The first-order valence-corrected chi connectivity index (χ1v) is 14.4. The summed E-state index contributed by atoms with van der Waals surface area (Å²) in [4.78, 5) is 17.1. The molecule has 8 nitrogen and oxygen atoms in total. The van der Waals surface area contributed by atoms with Crippen LogP contribution in [0, 0.1) is 11.6 Å². The summed E-state index contributed by atoms with van der Waals surface area (Å²) < 4.78 is 71.1. The molecule has 0 aliphatic heterocycles. The number of rotatable bonds is 8. The van der Waals surface area contributed by atoms with Crippen LogP contribution in [0.25, 0.3) is 16.1 Å². The minimum Gasteiger partial charge on any atom is -0.324 e. The van der Waals surface area contributed by atoms with E-state index in [1.54, 1.807) is 36.8 Å². The van der Waals surface area contributed by atoms with Gasteiger partial charge in [-0.3, -0.25) is 4.98 Å². The molecule has 1 aliphatic rings. The molecule has 3 aromatic heterocycles. The van der Waals surface area contributed by atoms with E-state index in [0.717, 1.165) is 28.9 Å². The monoisotopic (exact) mass is 584 g/mol. The van der Waals surface area contributed by atoms with E-state index in [0.29, 0.717) is 27.8 Å². The Kier molecular flexibility index (Phi) is 7.79. The van der Waals surface area contributed by atoms with Crippen molar-refractivity contribution in [1.82, 2.24) is 24.7 Å². The fraction of sp³-hybridized carbons (Fsp3) is 0.185. The highest BCUT2D eigenvalue weighted by atomic mass is 32.2. The van der Waals surface area contributed by atoms with Gasteiger partial charge in [0.1, 0.15) is 17.8 Å². The zero-order chi connectivity index (χ0) is 28.4. The smallest absolute Gasteiger partial charge is 0.247 e. The van der Waals surface area contributed by atoms with Crippen molar-refractivity contribution in [3.05, 3.63) is 95.6 Å². The highest BCUT2D eigenvalue weighted by molar-refractivity contribution is 7.89. The van der Waals surface area contributed by atoms with Gasteiger partial charge in [0.05, 0.1) is 27.3 Å². The lowest BCUT2D eigenvalue weighted by Gasteiger charge is -2.22. The Bertz CT molecular complexity index is 1690. The number of anilines is 2.